The second kappa shape index (κ2) is 7.27. The summed E-state index contributed by atoms with van der Waals surface area (Å²) >= 11 is 6.07. The second-order valence-corrected chi connectivity index (χ2v) is 4.80. The number of hydrogen-bond acceptors (Lipinski definition) is 2. The van der Waals surface area contributed by atoms with Crippen LogP contribution in [0.25, 0.3) is 0 Å². The molecule has 106 valence electrons. The van der Waals surface area contributed by atoms with Gasteiger partial charge in [0, 0.05) is 22.7 Å². The summed E-state index contributed by atoms with van der Waals surface area (Å²) in [7, 11) is 0. The second-order valence-electron chi connectivity index (χ2n) is 4.39. The molecule has 0 heterocycles. The number of hydrogen-bond donors (Lipinski definition) is 1. The molecule has 0 saturated heterocycles. The summed E-state index contributed by atoms with van der Waals surface area (Å²) in [5, 5.41) is 3.79. The Hall–Kier alpha value is -1.58. The number of nitrogens with one attached hydrogen (secondary N) is 1. The highest BCUT2D eigenvalue weighted by atomic mass is 35.5. The van der Waals surface area contributed by atoms with Crippen LogP contribution in [0.2, 0.25) is 5.02 Å². The van der Waals surface area contributed by atoms with Gasteiger partial charge < -0.3 is 10.1 Å². The SMILES string of the molecule is CCNCc1cccc(F)c1OCc1ccccc1Cl. The van der Waals surface area contributed by atoms with Gasteiger partial charge in [-0.3, -0.25) is 0 Å². The van der Waals surface area contributed by atoms with Crippen molar-refractivity contribution in [3.8, 4) is 5.75 Å². The van der Waals surface area contributed by atoms with E-state index in [0.29, 0.717) is 11.6 Å². The molecule has 1 N–H and O–H groups in total. The van der Waals surface area contributed by atoms with Gasteiger partial charge in [0.25, 0.3) is 0 Å². The third-order valence-corrected chi connectivity index (χ3v) is 3.31. The predicted molar refractivity (Wildman–Crippen MR) is 79.6 cm³/mol. The molecule has 0 aliphatic heterocycles. The highest BCUT2D eigenvalue weighted by Crippen LogP contribution is 2.25. The van der Waals surface area contributed by atoms with Crippen LogP contribution in [-0.4, -0.2) is 6.54 Å². The summed E-state index contributed by atoms with van der Waals surface area (Å²) in [4.78, 5) is 0. The molecule has 0 bridgehead atoms. The fourth-order valence-corrected chi connectivity index (χ4v) is 2.07. The smallest absolute Gasteiger partial charge is 0.165 e. The van der Waals surface area contributed by atoms with E-state index in [1.807, 2.05) is 31.2 Å². The fourth-order valence-electron chi connectivity index (χ4n) is 1.88. The van der Waals surface area contributed by atoms with Gasteiger partial charge in [-0.2, -0.15) is 0 Å². The molecule has 0 spiro atoms. The van der Waals surface area contributed by atoms with Gasteiger partial charge in [0.15, 0.2) is 11.6 Å². The number of para-hydroxylation sites is 1. The monoisotopic (exact) mass is 293 g/mol. The molecular formula is C16H17ClFNO. The molecule has 0 aliphatic rings. The van der Waals surface area contributed by atoms with Crippen molar-refractivity contribution in [1.82, 2.24) is 5.32 Å². The Morgan fingerprint density at radius 3 is 2.60 bits per heavy atom. The van der Waals surface area contributed by atoms with Crippen molar-refractivity contribution in [2.75, 3.05) is 6.54 Å². The molecular weight excluding hydrogens is 277 g/mol. The predicted octanol–water partition coefficient (Wildman–Crippen LogP) is 4.17. The molecule has 2 rings (SSSR count). The minimum atomic E-state index is -0.354. The van der Waals surface area contributed by atoms with E-state index < -0.39 is 0 Å². The molecule has 0 saturated carbocycles. The van der Waals surface area contributed by atoms with Gasteiger partial charge in [0.2, 0.25) is 0 Å². The van der Waals surface area contributed by atoms with Crippen molar-refractivity contribution < 1.29 is 9.13 Å². The zero-order valence-electron chi connectivity index (χ0n) is 11.3. The minimum absolute atomic E-state index is 0.250. The molecule has 0 radical (unpaired) electrons. The van der Waals surface area contributed by atoms with E-state index in [1.165, 1.54) is 6.07 Å². The lowest BCUT2D eigenvalue weighted by Gasteiger charge is -2.13. The van der Waals surface area contributed by atoms with Gasteiger partial charge in [-0.1, -0.05) is 48.9 Å². The number of halogens is 2. The summed E-state index contributed by atoms with van der Waals surface area (Å²) in [6.07, 6.45) is 0. The molecule has 0 aliphatic carbocycles. The first-order valence-electron chi connectivity index (χ1n) is 6.56. The van der Waals surface area contributed by atoms with Crippen LogP contribution >= 0.6 is 11.6 Å². The fraction of sp³-hybridized carbons (Fsp3) is 0.250. The normalized spacial score (nSPS) is 10.6. The summed E-state index contributed by atoms with van der Waals surface area (Å²) in [6.45, 7) is 3.65. The first-order chi connectivity index (χ1) is 9.72. The lowest BCUT2D eigenvalue weighted by Crippen LogP contribution is -2.13. The zero-order chi connectivity index (χ0) is 14.4. The van der Waals surface area contributed by atoms with Crippen molar-refractivity contribution in [3.63, 3.8) is 0 Å². The quantitative estimate of drug-likeness (QED) is 0.863. The van der Waals surface area contributed by atoms with Crippen LogP contribution in [0.1, 0.15) is 18.1 Å². The van der Waals surface area contributed by atoms with Gasteiger partial charge in [-0.05, 0) is 18.7 Å². The van der Waals surface area contributed by atoms with Crippen molar-refractivity contribution in [2.45, 2.75) is 20.1 Å². The van der Waals surface area contributed by atoms with E-state index in [9.17, 15) is 4.39 Å². The van der Waals surface area contributed by atoms with Crippen LogP contribution in [0.15, 0.2) is 42.5 Å². The molecule has 0 amide bonds. The molecule has 0 unspecified atom stereocenters. The Balaban J connectivity index is 2.14. The standard InChI is InChI=1S/C16H17ClFNO/c1-2-19-10-12-7-5-9-15(18)16(12)20-11-13-6-3-4-8-14(13)17/h3-9,19H,2,10-11H2,1H3. The maximum absolute atomic E-state index is 13.9. The first kappa shape index (κ1) is 14.8. The molecule has 0 aromatic heterocycles. The third-order valence-electron chi connectivity index (χ3n) is 2.94. The Morgan fingerprint density at radius 1 is 1.10 bits per heavy atom. The van der Waals surface area contributed by atoms with Crippen molar-refractivity contribution >= 4 is 11.6 Å². The molecule has 2 aromatic carbocycles. The molecule has 0 fully saturated rings. The lowest BCUT2D eigenvalue weighted by molar-refractivity contribution is 0.286. The van der Waals surface area contributed by atoms with Crippen LogP contribution in [0.4, 0.5) is 4.39 Å². The van der Waals surface area contributed by atoms with E-state index in [-0.39, 0.29) is 18.2 Å². The number of benzene rings is 2. The number of ether oxygens (including phenoxy) is 1. The Kier molecular flexibility index (Phi) is 5.39. The van der Waals surface area contributed by atoms with E-state index in [2.05, 4.69) is 5.32 Å². The largest absolute Gasteiger partial charge is 0.485 e. The average molecular weight is 294 g/mol. The average Bonchev–Trinajstić information content (AvgIpc) is 2.45. The Morgan fingerprint density at radius 2 is 1.85 bits per heavy atom. The molecule has 4 heteroatoms. The highest BCUT2D eigenvalue weighted by Gasteiger charge is 2.10. The van der Waals surface area contributed by atoms with Crippen LogP contribution in [0.3, 0.4) is 0 Å². The Bertz CT molecular complexity index is 574. The third kappa shape index (κ3) is 3.71. The first-order valence-corrected chi connectivity index (χ1v) is 6.94. The van der Waals surface area contributed by atoms with Crippen molar-refractivity contribution in [1.29, 1.82) is 0 Å². The summed E-state index contributed by atoms with van der Waals surface area (Å²) < 4.78 is 19.5. The summed E-state index contributed by atoms with van der Waals surface area (Å²) in [6, 6.07) is 12.3. The minimum Gasteiger partial charge on any atom is -0.485 e. The van der Waals surface area contributed by atoms with Crippen LogP contribution < -0.4 is 10.1 Å². The topological polar surface area (TPSA) is 21.3 Å². The zero-order valence-corrected chi connectivity index (χ0v) is 12.1. The van der Waals surface area contributed by atoms with Crippen LogP contribution in [-0.2, 0) is 13.2 Å². The molecule has 2 nitrogen and oxygen atoms in total. The van der Waals surface area contributed by atoms with Gasteiger partial charge in [-0.25, -0.2) is 4.39 Å². The summed E-state index contributed by atoms with van der Waals surface area (Å²) in [5.41, 5.74) is 1.64. The van der Waals surface area contributed by atoms with Gasteiger partial charge in [0.1, 0.15) is 6.61 Å². The highest BCUT2D eigenvalue weighted by molar-refractivity contribution is 6.31. The molecule has 2 aromatic rings. The Labute approximate surface area is 123 Å². The van der Waals surface area contributed by atoms with E-state index in [1.54, 1.807) is 12.1 Å². The van der Waals surface area contributed by atoms with Crippen molar-refractivity contribution in [3.05, 3.63) is 64.4 Å². The van der Waals surface area contributed by atoms with E-state index in [0.717, 1.165) is 17.7 Å². The summed E-state index contributed by atoms with van der Waals surface area (Å²) in [5.74, 6) is -0.0687. The van der Waals surface area contributed by atoms with Crippen molar-refractivity contribution in [2.24, 2.45) is 0 Å². The van der Waals surface area contributed by atoms with Crippen LogP contribution in [0.5, 0.6) is 5.75 Å². The van der Waals surface area contributed by atoms with Gasteiger partial charge in [0.05, 0.1) is 0 Å². The van der Waals surface area contributed by atoms with Gasteiger partial charge in [-0.15, -0.1) is 0 Å². The molecule has 0 atom stereocenters. The molecule has 20 heavy (non-hydrogen) atoms. The lowest BCUT2D eigenvalue weighted by atomic mass is 10.2. The maximum atomic E-state index is 13.9. The van der Waals surface area contributed by atoms with E-state index in [4.69, 9.17) is 16.3 Å². The van der Waals surface area contributed by atoms with Crippen LogP contribution in [0, 0.1) is 5.82 Å². The number of rotatable bonds is 6. The van der Waals surface area contributed by atoms with E-state index >= 15 is 0 Å². The van der Waals surface area contributed by atoms with Gasteiger partial charge >= 0.3 is 0 Å². The maximum Gasteiger partial charge on any atom is 0.165 e.